The van der Waals surface area contributed by atoms with Crippen LogP contribution in [0.5, 0.6) is 0 Å². The summed E-state index contributed by atoms with van der Waals surface area (Å²) in [6.45, 7) is 2.10. The van der Waals surface area contributed by atoms with Crippen LogP contribution in [0.4, 0.5) is 0 Å². The lowest BCUT2D eigenvalue weighted by molar-refractivity contribution is -0.0127. The normalized spacial score (nSPS) is 28.8. The minimum Gasteiger partial charge on any atom is -0.389 e. The van der Waals surface area contributed by atoms with Gasteiger partial charge in [-0.3, -0.25) is 0 Å². The highest BCUT2D eigenvalue weighted by molar-refractivity contribution is 6.42. The second-order valence-corrected chi connectivity index (χ2v) is 5.81. The van der Waals surface area contributed by atoms with E-state index in [0.29, 0.717) is 22.4 Å². The summed E-state index contributed by atoms with van der Waals surface area (Å²) in [7, 11) is 2.26. The van der Waals surface area contributed by atoms with Crippen LogP contribution in [0.25, 0.3) is 0 Å². The molecular weight excluding hydrogens is 254 g/mol. The molecule has 0 spiro atoms. The van der Waals surface area contributed by atoms with Crippen molar-refractivity contribution in [3.63, 3.8) is 0 Å². The first-order valence-corrected chi connectivity index (χ1v) is 6.75. The molecule has 0 saturated carbocycles. The summed E-state index contributed by atoms with van der Waals surface area (Å²) in [6.07, 6.45) is 3.45. The summed E-state index contributed by atoms with van der Waals surface area (Å²) in [5, 5.41) is 11.8. The van der Waals surface area contributed by atoms with Gasteiger partial charge in [0.2, 0.25) is 0 Å². The first-order valence-electron chi connectivity index (χ1n) is 5.99. The molecule has 2 atom stereocenters. The highest BCUT2D eigenvalue weighted by Gasteiger charge is 2.36. The zero-order chi connectivity index (χ0) is 12.5. The molecule has 1 saturated heterocycles. The monoisotopic (exact) mass is 269 g/mol. The summed E-state index contributed by atoms with van der Waals surface area (Å²) in [6, 6.07) is 5.59. The molecule has 0 aromatic heterocycles. The largest absolute Gasteiger partial charge is 0.389 e. The van der Waals surface area contributed by atoms with Gasteiger partial charge < -0.3 is 5.11 Å². The Bertz CT molecular complexity index is 410. The lowest BCUT2D eigenvalue weighted by Crippen LogP contribution is -2.42. The van der Waals surface area contributed by atoms with Crippen LogP contribution in [-0.2, 0) is 6.42 Å². The second kappa shape index (κ2) is 5.21. The molecule has 0 amide bonds. The molecule has 1 aromatic rings. The van der Waals surface area contributed by atoms with Crippen LogP contribution < -0.4 is 0 Å². The molecule has 2 unspecified atom stereocenters. The van der Waals surface area contributed by atoms with Crippen molar-refractivity contribution in [1.82, 2.24) is 0 Å². The molecule has 1 aliphatic rings. The van der Waals surface area contributed by atoms with Gasteiger partial charge in [0.15, 0.2) is 0 Å². The van der Waals surface area contributed by atoms with Crippen LogP contribution in [0.3, 0.4) is 0 Å². The van der Waals surface area contributed by atoms with Gasteiger partial charge in [-0.15, -0.1) is 0 Å². The third-order valence-electron chi connectivity index (χ3n) is 3.71. The highest BCUT2D eigenvalue weighted by atomic mass is 35.5. The summed E-state index contributed by atoms with van der Waals surface area (Å²) >= 11 is 11.9. The third-order valence-corrected chi connectivity index (χ3v) is 4.45. The van der Waals surface area contributed by atoms with Crippen molar-refractivity contribution < 1.29 is 5.11 Å². The van der Waals surface area contributed by atoms with E-state index in [1.165, 1.54) is 0 Å². The van der Waals surface area contributed by atoms with E-state index in [2.05, 4.69) is 14.2 Å². The van der Waals surface area contributed by atoms with E-state index in [9.17, 15) is 5.11 Å². The fraction of sp³-hybridized carbons (Fsp3) is 0.538. The molecule has 1 fully saturated rings. The Labute approximate surface area is 113 Å². The Hall–Kier alpha value is -0.175. The predicted molar refractivity (Wildman–Crippen MR) is 74.3 cm³/mol. The molecular formula is C13H16BCl2O. The Morgan fingerprint density at radius 3 is 2.82 bits per heavy atom. The van der Waals surface area contributed by atoms with Gasteiger partial charge in [0.25, 0.3) is 0 Å². The Morgan fingerprint density at radius 1 is 1.41 bits per heavy atom. The van der Waals surface area contributed by atoms with Gasteiger partial charge in [0.05, 0.1) is 15.6 Å². The molecule has 1 radical (unpaired) electrons. The number of rotatable bonds is 2. The smallest absolute Gasteiger partial charge is 0.110 e. The van der Waals surface area contributed by atoms with E-state index in [1.54, 1.807) is 6.07 Å². The Morgan fingerprint density at radius 2 is 2.18 bits per heavy atom. The van der Waals surface area contributed by atoms with Crippen molar-refractivity contribution in [1.29, 1.82) is 0 Å². The van der Waals surface area contributed by atoms with E-state index < -0.39 is 5.60 Å². The van der Waals surface area contributed by atoms with Crippen molar-refractivity contribution in [3.8, 4) is 0 Å². The van der Waals surface area contributed by atoms with Crippen LogP contribution in [0.1, 0.15) is 18.9 Å². The Balaban J connectivity index is 2.16. The fourth-order valence-electron chi connectivity index (χ4n) is 2.45. The van der Waals surface area contributed by atoms with Crippen LogP contribution >= 0.6 is 23.2 Å². The van der Waals surface area contributed by atoms with Gasteiger partial charge >= 0.3 is 0 Å². The maximum Gasteiger partial charge on any atom is 0.110 e. The predicted octanol–water partition coefficient (Wildman–Crippen LogP) is 3.85. The summed E-state index contributed by atoms with van der Waals surface area (Å²) in [5.41, 5.74) is 0.446. The molecule has 0 bridgehead atoms. The van der Waals surface area contributed by atoms with E-state index in [-0.39, 0.29) is 0 Å². The van der Waals surface area contributed by atoms with E-state index in [1.807, 2.05) is 12.1 Å². The second-order valence-electron chi connectivity index (χ2n) is 4.99. The molecule has 1 aliphatic heterocycles. The van der Waals surface area contributed by atoms with Crippen molar-refractivity contribution in [2.75, 3.05) is 0 Å². The molecule has 0 aliphatic carbocycles. The number of hydrogen-bond donors (Lipinski definition) is 1. The van der Waals surface area contributed by atoms with Gasteiger partial charge in [-0.1, -0.05) is 48.8 Å². The average molecular weight is 270 g/mol. The minimum atomic E-state index is -0.605. The standard InChI is InChI=1S/C13H16BCl2O/c1-9-8-14-5-4-13(9,17)7-10-2-3-11(15)12(16)6-10/h2-3,6,9,17H,4-5,7-8H2,1H3. The number of benzene rings is 1. The quantitative estimate of drug-likeness (QED) is 0.809. The molecule has 1 nitrogen and oxygen atoms in total. The molecule has 1 N–H and O–H groups in total. The first-order chi connectivity index (χ1) is 8.01. The van der Waals surface area contributed by atoms with Crippen LogP contribution in [0.2, 0.25) is 22.7 Å². The maximum absolute atomic E-state index is 10.7. The minimum absolute atomic E-state index is 0.297. The number of aliphatic hydroxyl groups is 1. The third kappa shape index (κ3) is 2.99. The average Bonchev–Trinajstić information content (AvgIpc) is 2.28. The van der Waals surface area contributed by atoms with E-state index >= 15 is 0 Å². The van der Waals surface area contributed by atoms with Crippen molar-refractivity contribution in [3.05, 3.63) is 33.8 Å². The van der Waals surface area contributed by atoms with Crippen LogP contribution in [0, 0.1) is 5.92 Å². The lowest BCUT2D eigenvalue weighted by Gasteiger charge is -2.38. The van der Waals surface area contributed by atoms with Crippen LogP contribution in [-0.4, -0.2) is 18.0 Å². The van der Waals surface area contributed by atoms with Crippen molar-refractivity contribution in [2.45, 2.75) is 38.0 Å². The number of halogens is 2. The topological polar surface area (TPSA) is 20.2 Å². The maximum atomic E-state index is 10.7. The van der Waals surface area contributed by atoms with Crippen LogP contribution in [0.15, 0.2) is 18.2 Å². The lowest BCUT2D eigenvalue weighted by atomic mass is 9.55. The van der Waals surface area contributed by atoms with E-state index in [4.69, 9.17) is 23.2 Å². The zero-order valence-corrected chi connectivity index (χ0v) is 11.4. The molecule has 2 rings (SSSR count). The fourth-order valence-corrected chi connectivity index (χ4v) is 2.77. The van der Waals surface area contributed by atoms with Crippen molar-refractivity contribution in [2.24, 2.45) is 5.92 Å². The summed E-state index contributed by atoms with van der Waals surface area (Å²) in [4.78, 5) is 0. The molecule has 17 heavy (non-hydrogen) atoms. The van der Waals surface area contributed by atoms with Gasteiger partial charge in [-0.05, 0) is 30.0 Å². The van der Waals surface area contributed by atoms with Gasteiger partial charge in [0.1, 0.15) is 7.28 Å². The van der Waals surface area contributed by atoms with E-state index in [0.717, 1.165) is 24.6 Å². The van der Waals surface area contributed by atoms with Crippen molar-refractivity contribution >= 4 is 30.5 Å². The zero-order valence-electron chi connectivity index (χ0n) is 9.92. The highest BCUT2D eigenvalue weighted by Crippen LogP contribution is 2.35. The van der Waals surface area contributed by atoms with Gasteiger partial charge in [-0.25, -0.2) is 0 Å². The SMILES string of the molecule is CC1C[B]CCC1(O)Cc1ccc(Cl)c(Cl)c1. The van der Waals surface area contributed by atoms with Gasteiger partial charge in [-0.2, -0.15) is 0 Å². The Kier molecular flexibility index (Phi) is 4.07. The number of hydrogen-bond acceptors (Lipinski definition) is 1. The van der Waals surface area contributed by atoms with Gasteiger partial charge in [0, 0.05) is 6.42 Å². The summed E-state index contributed by atoms with van der Waals surface area (Å²) < 4.78 is 0. The molecule has 91 valence electrons. The summed E-state index contributed by atoms with van der Waals surface area (Å²) in [5.74, 6) is 0.297. The first kappa shape index (κ1) is 13.3. The molecule has 1 heterocycles. The molecule has 1 aromatic carbocycles. The molecule has 4 heteroatoms.